The van der Waals surface area contributed by atoms with Crippen molar-refractivity contribution in [3.8, 4) is 0 Å². The van der Waals surface area contributed by atoms with E-state index < -0.39 is 22.8 Å². The second kappa shape index (κ2) is 31.8. The van der Waals surface area contributed by atoms with Crippen LogP contribution >= 0.6 is 22.8 Å². The van der Waals surface area contributed by atoms with E-state index in [0.717, 1.165) is 14.7 Å². The fourth-order valence-electron chi connectivity index (χ4n) is 4.48. The Morgan fingerprint density at radius 3 is 0.436 bits per heavy atom. The van der Waals surface area contributed by atoms with Crippen LogP contribution in [0.2, 0.25) is 0 Å². The normalized spacial score (nSPS) is 11.4. The minimum atomic E-state index is -2.44. The summed E-state index contributed by atoms with van der Waals surface area (Å²) in [5.41, 5.74) is 0. The summed E-state index contributed by atoms with van der Waals surface area (Å²) in [6, 6.07) is 28.8. The summed E-state index contributed by atoms with van der Waals surface area (Å²) >= 11 is 14.4. The third-order valence-corrected chi connectivity index (χ3v) is 17.1. The molecule has 0 aliphatic carbocycles. The Kier molecular flexibility index (Phi) is 35.7. The number of nitrogens with zero attached hydrogens (tertiary/aromatic N) is 9. The largest absolute Gasteiger partial charge is 3.00 e. The molecule has 0 N–H and O–H groups in total. The number of hydrogen-bond donors (Lipinski definition) is 0. The average molecular weight is 1020 g/mol. The number of benzene rings is 3. The molecule has 19 heteroatoms. The van der Waals surface area contributed by atoms with Gasteiger partial charge in [0.1, 0.15) is 0 Å². The van der Waals surface area contributed by atoms with Crippen LogP contribution < -0.4 is 0 Å². The number of rotatable bonds is 9. The van der Waals surface area contributed by atoms with Gasteiger partial charge in [-0.2, -0.15) is 14.7 Å². The smallest absolute Gasteiger partial charge is 0.780 e. The van der Waals surface area contributed by atoms with E-state index in [1.54, 1.807) is 42.0 Å². The molecule has 0 aliphatic heterocycles. The van der Waals surface area contributed by atoms with Crippen molar-refractivity contribution in [2.45, 2.75) is 14.7 Å². The first kappa shape index (κ1) is 61.6. The summed E-state index contributed by atoms with van der Waals surface area (Å²) < 4.78 is 52.0. The Bertz CT molecular complexity index is 1250. The van der Waals surface area contributed by atoms with Crippen LogP contribution in [0.15, 0.2) is 106 Å². The van der Waals surface area contributed by atoms with Gasteiger partial charge in [-0.15, -0.1) is 0 Å². The van der Waals surface area contributed by atoms with Crippen LogP contribution in [0.25, 0.3) is 0 Å². The minimum absolute atomic E-state index is 0. The Morgan fingerprint density at radius 2 is 0.400 bits per heavy atom. The average Bonchev–Trinajstić information content (AvgIpc) is 3.08. The van der Waals surface area contributed by atoms with E-state index >= 15 is 0 Å². The second-order valence-electron chi connectivity index (χ2n) is 13.1. The van der Waals surface area contributed by atoms with Crippen molar-refractivity contribution in [3.63, 3.8) is 0 Å². The fraction of sp³-hybridized carbons (Fsp3) is 0.500. The second-order valence-corrected chi connectivity index (χ2v) is 24.8. The standard InChI is InChI=1S/3C6H18N3OP.3C6H6S.Sm/c3*1-7(2)11(10,8(3)4)9(5)6;3*7-6-4-2-1-3-5-6;/h3*1-6H3;3*1-5,7H;/q;;;;;;+3/p-3. The predicted molar refractivity (Wildman–Crippen MR) is 242 cm³/mol. The molecule has 0 heterocycles. The van der Waals surface area contributed by atoms with Crippen molar-refractivity contribution in [2.24, 2.45) is 0 Å². The van der Waals surface area contributed by atoms with Crippen LogP contribution in [0.3, 0.4) is 0 Å². The molecule has 3 aromatic rings. The summed E-state index contributed by atoms with van der Waals surface area (Å²) in [4.78, 5) is 2.72. The van der Waals surface area contributed by atoms with Gasteiger partial charge in [0.15, 0.2) is 0 Å². The maximum atomic E-state index is 12.1. The van der Waals surface area contributed by atoms with Gasteiger partial charge < -0.3 is 37.9 Å². The van der Waals surface area contributed by atoms with Crippen molar-refractivity contribution in [1.29, 1.82) is 0 Å². The Labute approximate surface area is 385 Å². The molecule has 55 heavy (non-hydrogen) atoms. The third-order valence-electron chi connectivity index (χ3n) is 6.92. The maximum absolute atomic E-state index is 12.1. The molecule has 0 fully saturated rings. The van der Waals surface area contributed by atoms with Gasteiger partial charge in [0.2, 0.25) is 0 Å². The topological polar surface area (TPSA) is 80.4 Å². The van der Waals surface area contributed by atoms with Crippen LogP contribution in [0.5, 0.6) is 0 Å². The molecule has 315 valence electrons. The van der Waals surface area contributed by atoms with Crippen LogP contribution in [0.4, 0.5) is 0 Å². The molecule has 0 aromatic heterocycles. The van der Waals surface area contributed by atoms with Crippen molar-refractivity contribution in [1.82, 2.24) is 42.0 Å². The third kappa shape index (κ3) is 24.0. The summed E-state index contributed by atoms with van der Waals surface area (Å²) in [5.74, 6) is 0. The number of hydrogen-bond acceptors (Lipinski definition) is 6. The van der Waals surface area contributed by atoms with Crippen molar-refractivity contribution in [2.75, 3.05) is 127 Å². The minimum Gasteiger partial charge on any atom is -0.780 e. The van der Waals surface area contributed by atoms with Gasteiger partial charge >= 0.3 is 40.4 Å². The van der Waals surface area contributed by atoms with Crippen molar-refractivity contribution < 1.29 is 54.1 Å². The summed E-state index contributed by atoms with van der Waals surface area (Å²) in [5, 5.41) is 0. The fourth-order valence-corrected chi connectivity index (χ4v) is 11.4. The SMILES string of the molecule is CN(C)P(=O)(N(C)C)N(C)C.CN(C)P(=O)(N(C)C)N(C)C.CN(C)P(=O)(N(C)C)N(C)C.[S-]c1ccccc1.[S-]c1ccccc1.[S-]c1ccccc1.[Sm+3]. The van der Waals surface area contributed by atoms with Crippen molar-refractivity contribution in [3.05, 3.63) is 91.0 Å². The van der Waals surface area contributed by atoms with Crippen LogP contribution in [-0.2, 0) is 51.6 Å². The van der Waals surface area contributed by atoms with Crippen LogP contribution in [0, 0.1) is 40.4 Å². The summed E-state index contributed by atoms with van der Waals surface area (Å²) in [7, 11) is 25.5. The van der Waals surface area contributed by atoms with Gasteiger partial charge in [-0.1, -0.05) is 91.0 Å². The van der Waals surface area contributed by atoms with Gasteiger partial charge in [0, 0.05) is 0 Å². The van der Waals surface area contributed by atoms with Gasteiger partial charge in [0.05, 0.1) is 0 Å². The molecule has 0 atom stereocenters. The molecule has 3 rings (SSSR count). The molecule has 0 amide bonds. The first-order valence-electron chi connectivity index (χ1n) is 16.7. The zero-order chi connectivity index (χ0) is 43.0. The van der Waals surface area contributed by atoms with Crippen LogP contribution in [0.1, 0.15) is 0 Å². The summed E-state index contributed by atoms with van der Waals surface area (Å²) in [6.45, 7) is 0. The molecular formula is C36H69N9O3P3S3Sm. The van der Waals surface area contributed by atoms with E-state index in [9.17, 15) is 13.7 Å². The molecule has 1 radical (unpaired) electrons. The monoisotopic (exact) mass is 1020 g/mol. The molecular weight excluding hydrogens is 946 g/mol. The van der Waals surface area contributed by atoms with Gasteiger partial charge in [0.25, 0.3) is 22.8 Å². The molecule has 0 spiro atoms. The quantitative estimate of drug-likeness (QED) is 0.161. The summed E-state index contributed by atoms with van der Waals surface area (Å²) in [6.07, 6.45) is 0. The van der Waals surface area contributed by atoms with Crippen molar-refractivity contribution >= 4 is 60.7 Å². The van der Waals surface area contributed by atoms with Gasteiger partial charge in [-0.05, 0) is 127 Å². The molecule has 0 saturated carbocycles. The molecule has 0 aliphatic rings. The Hall–Kier alpha value is -0.0123. The maximum Gasteiger partial charge on any atom is 3.00 e. The molecule has 12 nitrogen and oxygen atoms in total. The molecule has 0 unspecified atom stereocenters. The predicted octanol–water partition coefficient (Wildman–Crippen LogP) is 7.12. The van der Waals surface area contributed by atoms with E-state index in [0.29, 0.717) is 0 Å². The molecule has 3 aromatic carbocycles. The zero-order valence-corrected chi connectivity index (χ0v) is 44.1. The Morgan fingerprint density at radius 1 is 0.291 bits per heavy atom. The first-order chi connectivity index (χ1) is 24.7. The van der Waals surface area contributed by atoms with E-state index in [4.69, 9.17) is 37.9 Å². The van der Waals surface area contributed by atoms with E-state index in [1.165, 1.54) is 0 Å². The zero-order valence-electron chi connectivity index (χ0n) is 36.4. The first-order valence-corrected chi connectivity index (χ1v) is 22.7. The molecule has 0 saturated heterocycles. The van der Waals surface area contributed by atoms with E-state index in [2.05, 4.69) is 0 Å². The van der Waals surface area contributed by atoms with E-state index in [-0.39, 0.29) is 40.4 Å². The van der Waals surface area contributed by atoms with Crippen LogP contribution in [-0.4, -0.2) is 169 Å². The Balaban J connectivity index is -0.000000285. The molecule has 0 bridgehead atoms. The van der Waals surface area contributed by atoms with Gasteiger partial charge in [-0.3, -0.25) is 13.7 Å². The van der Waals surface area contributed by atoms with E-state index in [1.807, 2.05) is 218 Å². The van der Waals surface area contributed by atoms with Gasteiger partial charge in [-0.25, -0.2) is 42.0 Å².